The Bertz CT molecular complexity index is 1150. The van der Waals surface area contributed by atoms with E-state index in [0.717, 1.165) is 17.7 Å². The number of anilines is 1. The first-order valence-corrected chi connectivity index (χ1v) is 9.82. The third-order valence-electron chi connectivity index (χ3n) is 5.45. The average molecular weight is 405 g/mol. The van der Waals surface area contributed by atoms with Gasteiger partial charge in [0.15, 0.2) is 17.3 Å². The van der Waals surface area contributed by atoms with Gasteiger partial charge in [-0.25, -0.2) is 4.68 Å². The monoisotopic (exact) mass is 405 g/mol. The SMILES string of the molecule is CCc1cccc(-n2nc(C)c3c2NC(=O)CC3C(=O)c2ccc(O)c(OC)c2)c1. The van der Waals surface area contributed by atoms with E-state index in [1.165, 1.54) is 25.3 Å². The molecule has 0 fully saturated rings. The van der Waals surface area contributed by atoms with Crippen LogP contribution in [-0.4, -0.2) is 33.7 Å². The summed E-state index contributed by atoms with van der Waals surface area (Å²) >= 11 is 0. The Morgan fingerprint density at radius 3 is 2.83 bits per heavy atom. The Kier molecular flexibility index (Phi) is 5.03. The van der Waals surface area contributed by atoms with Crippen LogP contribution in [0.4, 0.5) is 5.82 Å². The van der Waals surface area contributed by atoms with Crippen LogP contribution >= 0.6 is 0 Å². The van der Waals surface area contributed by atoms with Gasteiger partial charge in [0, 0.05) is 17.5 Å². The van der Waals surface area contributed by atoms with Crippen molar-refractivity contribution in [2.75, 3.05) is 12.4 Å². The van der Waals surface area contributed by atoms with Crippen molar-refractivity contribution in [3.8, 4) is 17.2 Å². The van der Waals surface area contributed by atoms with Crippen LogP contribution in [0.3, 0.4) is 0 Å². The fourth-order valence-corrected chi connectivity index (χ4v) is 3.90. The number of hydrogen-bond acceptors (Lipinski definition) is 5. The van der Waals surface area contributed by atoms with E-state index in [2.05, 4.69) is 17.3 Å². The number of carbonyl (C=O) groups excluding carboxylic acids is 2. The molecule has 0 saturated carbocycles. The molecule has 0 aliphatic carbocycles. The summed E-state index contributed by atoms with van der Waals surface area (Å²) in [7, 11) is 1.42. The Labute approximate surface area is 174 Å². The van der Waals surface area contributed by atoms with Crippen LogP contribution in [0.2, 0.25) is 0 Å². The van der Waals surface area contributed by atoms with Gasteiger partial charge in [-0.2, -0.15) is 5.10 Å². The van der Waals surface area contributed by atoms with Gasteiger partial charge in [0.2, 0.25) is 5.91 Å². The second-order valence-corrected chi connectivity index (χ2v) is 7.34. The summed E-state index contributed by atoms with van der Waals surface area (Å²) in [6, 6.07) is 12.4. The number of hydrogen-bond donors (Lipinski definition) is 2. The van der Waals surface area contributed by atoms with Crippen LogP contribution in [0.5, 0.6) is 11.5 Å². The number of nitrogens with one attached hydrogen (secondary N) is 1. The van der Waals surface area contributed by atoms with Crippen LogP contribution in [0, 0.1) is 6.92 Å². The number of fused-ring (bicyclic) bond motifs is 1. The summed E-state index contributed by atoms with van der Waals surface area (Å²) in [6.07, 6.45) is 0.920. The molecule has 0 spiro atoms. The maximum Gasteiger partial charge on any atom is 0.226 e. The topological polar surface area (TPSA) is 93.5 Å². The number of nitrogens with zero attached hydrogens (tertiary/aromatic N) is 2. The second-order valence-electron chi connectivity index (χ2n) is 7.34. The van der Waals surface area contributed by atoms with Crippen LogP contribution in [0.1, 0.15) is 46.4 Å². The van der Waals surface area contributed by atoms with Gasteiger partial charge >= 0.3 is 0 Å². The van der Waals surface area contributed by atoms with Crippen molar-refractivity contribution in [1.82, 2.24) is 9.78 Å². The summed E-state index contributed by atoms with van der Waals surface area (Å²) in [5.74, 6) is -0.415. The van der Waals surface area contributed by atoms with Gasteiger partial charge in [-0.1, -0.05) is 19.1 Å². The van der Waals surface area contributed by atoms with Crippen molar-refractivity contribution in [3.05, 3.63) is 64.8 Å². The molecule has 1 aliphatic heterocycles. The summed E-state index contributed by atoms with van der Waals surface area (Å²) in [6.45, 7) is 3.92. The number of ether oxygens (including phenoxy) is 1. The number of phenolic OH excluding ortho intramolecular Hbond substituents is 1. The Morgan fingerprint density at radius 1 is 1.30 bits per heavy atom. The number of aromatic hydroxyl groups is 1. The molecule has 7 nitrogen and oxygen atoms in total. The number of rotatable bonds is 5. The summed E-state index contributed by atoms with van der Waals surface area (Å²) in [5.41, 5.74) is 3.76. The zero-order valence-electron chi connectivity index (χ0n) is 17.1. The standard InChI is InChI=1S/C23H23N3O4/c1-4-14-6-5-7-16(10-14)26-23-21(13(2)25-26)17(12-20(28)24-23)22(29)15-8-9-18(27)19(11-15)30-3/h5-11,17,27H,4,12H2,1-3H3,(H,24,28). The number of Topliss-reactive ketones (excluding diaryl/α,β-unsaturated/α-hetero) is 1. The first-order chi connectivity index (χ1) is 14.4. The Hall–Kier alpha value is -3.61. The maximum absolute atomic E-state index is 13.3. The molecule has 1 atom stereocenters. The predicted octanol–water partition coefficient (Wildman–Crippen LogP) is 3.77. The van der Waals surface area contributed by atoms with Crippen LogP contribution < -0.4 is 10.1 Å². The van der Waals surface area contributed by atoms with E-state index in [1.807, 2.05) is 31.2 Å². The fraction of sp³-hybridized carbons (Fsp3) is 0.261. The molecular formula is C23H23N3O4. The van der Waals surface area contributed by atoms with E-state index in [1.54, 1.807) is 4.68 Å². The number of amides is 1. The lowest BCUT2D eigenvalue weighted by atomic mass is 9.85. The van der Waals surface area contributed by atoms with Crippen LogP contribution in [0.15, 0.2) is 42.5 Å². The van der Waals surface area contributed by atoms with Crippen molar-refractivity contribution in [2.45, 2.75) is 32.6 Å². The first kappa shape index (κ1) is 19.7. The Balaban J connectivity index is 1.80. The Morgan fingerprint density at radius 2 is 2.10 bits per heavy atom. The molecule has 2 heterocycles. The molecule has 1 unspecified atom stereocenters. The number of methoxy groups -OCH3 is 1. The van der Waals surface area contributed by atoms with Gasteiger partial charge in [0.25, 0.3) is 0 Å². The van der Waals surface area contributed by atoms with Gasteiger partial charge in [0.1, 0.15) is 5.82 Å². The minimum Gasteiger partial charge on any atom is -0.504 e. The number of carbonyl (C=O) groups is 2. The molecule has 154 valence electrons. The van der Waals surface area contributed by atoms with E-state index < -0.39 is 5.92 Å². The van der Waals surface area contributed by atoms with Gasteiger partial charge in [0.05, 0.1) is 24.4 Å². The van der Waals surface area contributed by atoms with Crippen LogP contribution in [-0.2, 0) is 11.2 Å². The first-order valence-electron chi connectivity index (χ1n) is 9.82. The number of aromatic nitrogens is 2. The highest BCUT2D eigenvalue weighted by molar-refractivity contribution is 6.08. The third kappa shape index (κ3) is 3.32. The molecule has 1 aromatic heterocycles. The zero-order valence-corrected chi connectivity index (χ0v) is 17.1. The van der Waals surface area contributed by atoms with Crippen molar-refractivity contribution in [1.29, 1.82) is 0 Å². The highest BCUT2D eigenvalue weighted by Gasteiger charge is 2.36. The lowest BCUT2D eigenvalue weighted by Gasteiger charge is -2.23. The number of aryl methyl sites for hydroxylation is 2. The molecule has 7 heteroatoms. The molecule has 2 N–H and O–H groups in total. The summed E-state index contributed by atoms with van der Waals surface area (Å²) < 4.78 is 6.82. The van der Waals surface area contributed by atoms with Crippen molar-refractivity contribution in [3.63, 3.8) is 0 Å². The highest BCUT2D eigenvalue weighted by atomic mass is 16.5. The zero-order chi connectivity index (χ0) is 21.4. The molecule has 3 aromatic rings. The predicted molar refractivity (Wildman–Crippen MR) is 113 cm³/mol. The van der Waals surface area contributed by atoms with Gasteiger partial charge < -0.3 is 15.2 Å². The van der Waals surface area contributed by atoms with E-state index in [4.69, 9.17) is 4.74 Å². The smallest absolute Gasteiger partial charge is 0.226 e. The third-order valence-corrected chi connectivity index (χ3v) is 5.45. The lowest BCUT2D eigenvalue weighted by molar-refractivity contribution is -0.116. The molecule has 0 saturated heterocycles. The summed E-state index contributed by atoms with van der Waals surface area (Å²) in [5, 5.41) is 17.4. The number of benzene rings is 2. The van der Waals surface area contributed by atoms with E-state index in [9.17, 15) is 14.7 Å². The van der Waals surface area contributed by atoms with Gasteiger partial charge in [-0.15, -0.1) is 0 Å². The lowest BCUT2D eigenvalue weighted by Crippen LogP contribution is -2.28. The van der Waals surface area contributed by atoms with Crippen molar-refractivity contribution < 1.29 is 19.4 Å². The van der Waals surface area contributed by atoms with Crippen molar-refractivity contribution in [2.24, 2.45) is 0 Å². The molecule has 1 amide bonds. The minimum atomic E-state index is -0.661. The fourth-order valence-electron chi connectivity index (χ4n) is 3.90. The van der Waals surface area contributed by atoms with Crippen LogP contribution in [0.25, 0.3) is 5.69 Å². The van der Waals surface area contributed by atoms with Crippen molar-refractivity contribution >= 4 is 17.5 Å². The number of ketones is 1. The molecular weight excluding hydrogens is 382 g/mol. The average Bonchev–Trinajstić information content (AvgIpc) is 3.09. The molecule has 4 rings (SSSR count). The quantitative estimate of drug-likeness (QED) is 0.631. The van der Waals surface area contributed by atoms with E-state index >= 15 is 0 Å². The van der Waals surface area contributed by atoms with Gasteiger partial charge in [-0.3, -0.25) is 9.59 Å². The molecule has 2 aromatic carbocycles. The van der Waals surface area contributed by atoms with E-state index in [0.29, 0.717) is 22.6 Å². The molecule has 1 aliphatic rings. The second kappa shape index (κ2) is 7.67. The maximum atomic E-state index is 13.3. The summed E-state index contributed by atoms with van der Waals surface area (Å²) in [4.78, 5) is 25.8. The normalized spacial score (nSPS) is 15.4. The minimum absolute atomic E-state index is 0.0383. The van der Waals surface area contributed by atoms with E-state index in [-0.39, 0.29) is 29.6 Å². The molecule has 30 heavy (non-hydrogen) atoms. The number of phenols is 1. The molecule has 0 bridgehead atoms. The molecule has 0 radical (unpaired) electrons. The van der Waals surface area contributed by atoms with Gasteiger partial charge in [-0.05, 0) is 49.2 Å². The largest absolute Gasteiger partial charge is 0.504 e. The highest BCUT2D eigenvalue weighted by Crippen LogP contribution is 2.39.